The summed E-state index contributed by atoms with van der Waals surface area (Å²) >= 11 is 0. The predicted molar refractivity (Wildman–Crippen MR) is 120 cm³/mol. The first-order valence-corrected chi connectivity index (χ1v) is 10.7. The van der Waals surface area contributed by atoms with Crippen LogP contribution in [0.1, 0.15) is 34.5 Å². The molecule has 7 nitrogen and oxygen atoms in total. The van der Waals surface area contributed by atoms with Gasteiger partial charge in [0.2, 0.25) is 0 Å². The Morgan fingerprint density at radius 3 is 2.65 bits per heavy atom. The minimum Gasteiger partial charge on any atom is -0.497 e. The fraction of sp³-hybridized carbons (Fsp3) is 0.375. The van der Waals surface area contributed by atoms with Gasteiger partial charge in [-0.1, -0.05) is 6.07 Å². The van der Waals surface area contributed by atoms with E-state index in [2.05, 4.69) is 26.4 Å². The van der Waals surface area contributed by atoms with Crippen molar-refractivity contribution in [2.45, 2.75) is 25.8 Å². The summed E-state index contributed by atoms with van der Waals surface area (Å²) < 4.78 is 6.91. The predicted octanol–water partition coefficient (Wildman–Crippen LogP) is 3.53. The number of nitrogens with zero attached hydrogens (tertiary/aromatic N) is 4. The molecule has 1 N–H and O–H groups in total. The highest BCUT2D eigenvalue weighted by Gasteiger charge is 2.24. The molecule has 0 atom stereocenters. The Kier molecular flexibility index (Phi) is 6.62. The number of carbonyl (C=O) groups is 1. The zero-order valence-corrected chi connectivity index (χ0v) is 18.1. The Balaban J connectivity index is 1.34. The minimum absolute atomic E-state index is 0.123. The molecule has 0 unspecified atom stereocenters. The molecule has 3 heterocycles. The number of benzene rings is 1. The van der Waals surface area contributed by atoms with E-state index in [-0.39, 0.29) is 5.91 Å². The molecule has 31 heavy (non-hydrogen) atoms. The van der Waals surface area contributed by atoms with Crippen molar-refractivity contribution in [1.82, 2.24) is 19.7 Å². The second-order valence-electron chi connectivity index (χ2n) is 8.13. The molecule has 1 aliphatic rings. The van der Waals surface area contributed by atoms with Gasteiger partial charge in [0.15, 0.2) is 0 Å². The molecule has 1 fully saturated rings. The van der Waals surface area contributed by atoms with Crippen molar-refractivity contribution < 1.29 is 9.53 Å². The van der Waals surface area contributed by atoms with Crippen LogP contribution < -0.4 is 10.1 Å². The highest BCUT2D eigenvalue weighted by atomic mass is 16.5. The molecule has 0 saturated carbocycles. The smallest absolute Gasteiger partial charge is 0.259 e. The van der Waals surface area contributed by atoms with Crippen molar-refractivity contribution in [3.05, 3.63) is 71.8 Å². The molecule has 1 aliphatic heterocycles. The van der Waals surface area contributed by atoms with Crippen LogP contribution in [0.5, 0.6) is 5.75 Å². The number of amides is 1. The third kappa shape index (κ3) is 5.49. The SMILES string of the molecule is COc1ccc(NC(=O)c2cn(C)nc2CC2CCN(Cc3cccnc3)CC2)cc1. The molecule has 0 radical (unpaired) electrons. The zero-order valence-electron chi connectivity index (χ0n) is 18.1. The number of hydrogen-bond acceptors (Lipinski definition) is 5. The van der Waals surface area contributed by atoms with Gasteiger partial charge in [-0.25, -0.2) is 0 Å². The maximum absolute atomic E-state index is 12.9. The number of aryl methyl sites for hydroxylation is 1. The van der Waals surface area contributed by atoms with E-state index in [0.717, 1.165) is 56.0 Å². The van der Waals surface area contributed by atoms with E-state index in [1.54, 1.807) is 11.8 Å². The Hall–Kier alpha value is -3.19. The van der Waals surface area contributed by atoms with Gasteiger partial charge in [-0.15, -0.1) is 0 Å². The van der Waals surface area contributed by atoms with Gasteiger partial charge in [-0.05, 0) is 74.2 Å². The molecule has 2 aromatic heterocycles. The zero-order chi connectivity index (χ0) is 21.6. The van der Waals surface area contributed by atoms with Crippen molar-refractivity contribution in [3.63, 3.8) is 0 Å². The average Bonchev–Trinajstić information content (AvgIpc) is 3.16. The topological polar surface area (TPSA) is 72.3 Å². The standard InChI is InChI=1S/C24H29N5O2/c1-28-17-22(24(30)26-20-5-7-21(31-2)8-6-20)23(27-28)14-18-9-12-29(13-10-18)16-19-4-3-11-25-15-19/h3-8,11,15,17-18H,9-10,12-14,16H2,1-2H3,(H,26,30). The van der Waals surface area contributed by atoms with E-state index in [9.17, 15) is 4.79 Å². The molecule has 7 heteroatoms. The largest absolute Gasteiger partial charge is 0.497 e. The average molecular weight is 420 g/mol. The molecule has 4 rings (SSSR count). The summed E-state index contributed by atoms with van der Waals surface area (Å²) in [5, 5.41) is 7.57. The van der Waals surface area contributed by atoms with Gasteiger partial charge in [0, 0.05) is 37.9 Å². The lowest BCUT2D eigenvalue weighted by Gasteiger charge is -2.31. The van der Waals surface area contributed by atoms with Gasteiger partial charge in [-0.3, -0.25) is 19.4 Å². The Morgan fingerprint density at radius 1 is 1.19 bits per heavy atom. The molecule has 0 bridgehead atoms. The number of rotatable bonds is 7. The molecule has 1 aromatic carbocycles. The number of ether oxygens (including phenoxy) is 1. The van der Waals surface area contributed by atoms with Crippen LogP contribution in [-0.2, 0) is 20.0 Å². The van der Waals surface area contributed by atoms with Crippen LogP contribution >= 0.6 is 0 Å². The van der Waals surface area contributed by atoms with Gasteiger partial charge < -0.3 is 10.1 Å². The van der Waals surface area contributed by atoms with E-state index in [4.69, 9.17) is 4.74 Å². The summed E-state index contributed by atoms with van der Waals surface area (Å²) in [6, 6.07) is 11.5. The summed E-state index contributed by atoms with van der Waals surface area (Å²) in [5.41, 5.74) is 3.52. The second kappa shape index (κ2) is 9.75. The molecule has 3 aromatic rings. The lowest BCUT2D eigenvalue weighted by Crippen LogP contribution is -2.34. The van der Waals surface area contributed by atoms with Crippen LogP contribution in [0, 0.1) is 5.92 Å². The van der Waals surface area contributed by atoms with Crippen molar-refractivity contribution in [2.24, 2.45) is 13.0 Å². The lowest BCUT2D eigenvalue weighted by atomic mass is 9.91. The first kappa shape index (κ1) is 21.1. The van der Waals surface area contributed by atoms with Crippen molar-refractivity contribution in [2.75, 3.05) is 25.5 Å². The van der Waals surface area contributed by atoms with Gasteiger partial charge in [-0.2, -0.15) is 5.10 Å². The number of nitrogens with one attached hydrogen (secondary N) is 1. The van der Waals surface area contributed by atoms with Gasteiger partial charge >= 0.3 is 0 Å². The molecule has 1 amide bonds. The molecular formula is C24H29N5O2. The Morgan fingerprint density at radius 2 is 1.97 bits per heavy atom. The third-order valence-corrected chi connectivity index (χ3v) is 5.82. The van der Waals surface area contributed by atoms with E-state index >= 15 is 0 Å². The molecular weight excluding hydrogens is 390 g/mol. The van der Waals surface area contributed by atoms with Gasteiger partial charge in [0.25, 0.3) is 5.91 Å². The number of pyridine rings is 1. The summed E-state index contributed by atoms with van der Waals surface area (Å²) in [4.78, 5) is 19.6. The Labute approximate surface area is 183 Å². The first-order chi connectivity index (χ1) is 15.1. The van der Waals surface area contributed by atoms with Crippen molar-refractivity contribution in [1.29, 1.82) is 0 Å². The number of likely N-dealkylation sites (tertiary alicyclic amines) is 1. The van der Waals surface area contributed by atoms with Crippen LogP contribution in [0.4, 0.5) is 5.69 Å². The lowest BCUT2D eigenvalue weighted by molar-refractivity contribution is 0.102. The maximum atomic E-state index is 12.9. The first-order valence-electron chi connectivity index (χ1n) is 10.7. The number of carbonyl (C=O) groups excluding carboxylic acids is 1. The van der Waals surface area contributed by atoms with Gasteiger partial charge in [0.05, 0.1) is 18.4 Å². The van der Waals surface area contributed by atoms with E-state index in [0.29, 0.717) is 11.5 Å². The van der Waals surface area contributed by atoms with E-state index < -0.39 is 0 Å². The normalized spacial score (nSPS) is 15.0. The summed E-state index contributed by atoms with van der Waals surface area (Å²) in [7, 11) is 3.49. The number of piperidine rings is 1. The summed E-state index contributed by atoms with van der Waals surface area (Å²) in [6.07, 6.45) is 8.60. The van der Waals surface area contributed by atoms with Crippen LogP contribution in [0.25, 0.3) is 0 Å². The molecule has 0 spiro atoms. The molecule has 1 saturated heterocycles. The molecule has 0 aliphatic carbocycles. The van der Waals surface area contributed by atoms with Crippen molar-refractivity contribution in [3.8, 4) is 5.75 Å². The number of anilines is 1. The second-order valence-corrected chi connectivity index (χ2v) is 8.13. The van der Waals surface area contributed by atoms with Crippen molar-refractivity contribution >= 4 is 11.6 Å². The maximum Gasteiger partial charge on any atom is 0.259 e. The van der Waals surface area contributed by atoms with Crippen LogP contribution in [0.15, 0.2) is 55.0 Å². The quantitative estimate of drug-likeness (QED) is 0.634. The highest BCUT2D eigenvalue weighted by Crippen LogP contribution is 2.24. The monoisotopic (exact) mass is 419 g/mol. The summed E-state index contributed by atoms with van der Waals surface area (Å²) in [6.45, 7) is 3.05. The minimum atomic E-state index is -0.123. The fourth-order valence-corrected chi connectivity index (χ4v) is 4.12. The van der Waals surface area contributed by atoms with E-state index in [1.165, 1.54) is 5.56 Å². The van der Waals surface area contributed by atoms with Gasteiger partial charge in [0.1, 0.15) is 5.75 Å². The van der Waals surface area contributed by atoms with Crippen LogP contribution in [-0.4, -0.2) is 45.8 Å². The van der Waals surface area contributed by atoms with E-state index in [1.807, 2.05) is 56.0 Å². The highest BCUT2D eigenvalue weighted by molar-refractivity contribution is 6.04. The number of hydrogen-bond donors (Lipinski definition) is 1. The van der Waals surface area contributed by atoms with Crippen LogP contribution in [0.3, 0.4) is 0 Å². The third-order valence-electron chi connectivity index (χ3n) is 5.82. The van der Waals surface area contributed by atoms with Crippen LogP contribution in [0.2, 0.25) is 0 Å². The Bertz CT molecular complexity index is 993. The molecule has 162 valence electrons. The summed E-state index contributed by atoms with van der Waals surface area (Å²) in [5.74, 6) is 1.17. The number of aromatic nitrogens is 3. The number of methoxy groups -OCH3 is 1. The fourth-order valence-electron chi connectivity index (χ4n) is 4.12.